The zero-order chi connectivity index (χ0) is 18.1. The van der Waals surface area contributed by atoms with Crippen LogP contribution in [0.25, 0.3) is 15.9 Å². The predicted molar refractivity (Wildman–Crippen MR) is 101 cm³/mol. The van der Waals surface area contributed by atoms with E-state index in [-0.39, 0.29) is 11.5 Å². The Hall–Kier alpha value is -2.29. The van der Waals surface area contributed by atoms with Gasteiger partial charge in [-0.2, -0.15) is 0 Å². The largest absolute Gasteiger partial charge is 0.379 e. The Morgan fingerprint density at radius 3 is 3.00 bits per heavy atom. The number of carbonyl (C=O) groups is 1. The molecule has 0 bridgehead atoms. The van der Waals surface area contributed by atoms with Crippen molar-refractivity contribution in [3.8, 4) is 0 Å². The van der Waals surface area contributed by atoms with Gasteiger partial charge in [0.05, 0.1) is 23.5 Å². The van der Waals surface area contributed by atoms with Crippen molar-refractivity contribution in [1.29, 1.82) is 0 Å². The van der Waals surface area contributed by atoms with Crippen LogP contribution in [0.5, 0.6) is 0 Å². The van der Waals surface area contributed by atoms with Crippen LogP contribution >= 0.6 is 11.3 Å². The second-order valence-electron chi connectivity index (χ2n) is 6.34. The van der Waals surface area contributed by atoms with E-state index in [2.05, 4.69) is 15.2 Å². The number of aryl methyl sites for hydroxylation is 1. The van der Waals surface area contributed by atoms with Crippen LogP contribution in [0.2, 0.25) is 0 Å². The van der Waals surface area contributed by atoms with E-state index in [9.17, 15) is 9.59 Å². The molecule has 3 aromatic rings. The van der Waals surface area contributed by atoms with Crippen molar-refractivity contribution in [2.75, 3.05) is 39.4 Å². The Labute approximate surface area is 154 Å². The van der Waals surface area contributed by atoms with Crippen LogP contribution in [0.3, 0.4) is 0 Å². The molecule has 0 radical (unpaired) electrons. The SMILES string of the molecule is Cc1cccn2c(=O)c3cc(C(=O)NCCN4CCOCC4)sc3nc12. The first-order chi connectivity index (χ1) is 12.6. The van der Waals surface area contributed by atoms with Crippen LogP contribution in [-0.4, -0.2) is 59.6 Å². The van der Waals surface area contributed by atoms with E-state index in [1.807, 2.05) is 19.1 Å². The number of amides is 1. The van der Waals surface area contributed by atoms with Crippen molar-refractivity contribution in [1.82, 2.24) is 19.6 Å². The number of nitrogens with zero attached hydrogens (tertiary/aromatic N) is 3. The van der Waals surface area contributed by atoms with E-state index in [0.29, 0.717) is 27.3 Å². The molecule has 1 N–H and O–H groups in total. The van der Waals surface area contributed by atoms with Gasteiger partial charge in [0.1, 0.15) is 10.5 Å². The van der Waals surface area contributed by atoms with Gasteiger partial charge < -0.3 is 10.1 Å². The number of hydrogen-bond acceptors (Lipinski definition) is 6. The van der Waals surface area contributed by atoms with Crippen LogP contribution in [0.4, 0.5) is 0 Å². The molecule has 0 saturated carbocycles. The molecule has 4 heterocycles. The first kappa shape index (κ1) is 17.1. The summed E-state index contributed by atoms with van der Waals surface area (Å²) in [6.45, 7) is 6.56. The Kier molecular flexibility index (Phi) is 4.71. The first-order valence-corrected chi connectivity index (χ1v) is 9.45. The molecule has 1 aliphatic heterocycles. The van der Waals surface area contributed by atoms with E-state index >= 15 is 0 Å². The summed E-state index contributed by atoms with van der Waals surface area (Å²) in [5.74, 6) is -0.161. The second kappa shape index (κ2) is 7.14. The number of ether oxygens (including phenoxy) is 1. The molecule has 8 heteroatoms. The van der Waals surface area contributed by atoms with Crippen LogP contribution in [0, 0.1) is 6.92 Å². The zero-order valence-electron chi connectivity index (χ0n) is 14.5. The number of aromatic nitrogens is 2. The normalized spacial score (nSPS) is 15.6. The Morgan fingerprint density at radius 1 is 1.38 bits per heavy atom. The molecule has 0 aliphatic carbocycles. The third-order valence-corrected chi connectivity index (χ3v) is 5.60. The maximum atomic E-state index is 12.7. The van der Waals surface area contributed by atoms with Crippen LogP contribution < -0.4 is 10.9 Å². The number of fused-ring (bicyclic) bond motifs is 2. The lowest BCUT2D eigenvalue weighted by atomic mass is 10.3. The van der Waals surface area contributed by atoms with Gasteiger partial charge in [-0.25, -0.2) is 4.98 Å². The highest BCUT2D eigenvalue weighted by Gasteiger charge is 2.16. The minimum absolute atomic E-state index is 0.141. The van der Waals surface area contributed by atoms with E-state index in [4.69, 9.17) is 4.74 Å². The molecule has 0 unspecified atom stereocenters. The highest BCUT2D eigenvalue weighted by Crippen LogP contribution is 2.22. The fourth-order valence-corrected chi connectivity index (χ4v) is 4.05. The van der Waals surface area contributed by atoms with Gasteiger partial charge in [0.25, 0.3) is 11.5 Å². The lowest BCUT2D eigenvalue weighted by molar-refractivity contribution is 0.0383. The smallest absolute Gasteiger partial charge is 0.266 e. The van der Waals surface area contributed by atoms with Crippen LogP contribution in [-0.2, 0) is 4.74 Å². The Morgan fingerprint density at radius 2 is 2.19 bits per heavy atom. The highest BCUT2D eigenvalue weighted by atomic mass is 32.1. The average molecular weight is 372 g/mol. The van der Waals surface area contributed by atoms with Gasteiger partial charge in [0.2, 0.25) is 0 Å². The third-order valence-electron chi connectivity index (χ3n) is 4.57. The van der Waals surface area contributed by atoms with Crippen molar-refractivity contribution in [3.63, 3.8) is 0 Å². The topological polar surface area (TPSA) is 75.9 Å². The maximum Gasteiger partial charge on any atom is 0.266 e. The Bertz CT molecular complexity index is 1020. The van der Waals surface area contributed by atoms with E-state index in [1.54, 1.807) is 12.3 Å². The molecule has 3 aromatic heterocycles. The lowest BCUT2D eigenvalue weighted by Crippen LogP contribution is -2.41. The van der Waals surface area contributed by atoms with Gasteiger partial charge in [0.15, 0.2) is 0 Å². The predicted octanol–water partition coefficient (Wildman–Crippen LogP) is 1.28. The van der Waals surface area contributed by atoms with Gasteiger partial charge in [-0.3, -0.25) is 18.9 Å². The maximum absolute atomic E-state index is 12.7. The average Bonchev–Trinajstić information content (AvgIpc) is 3.08. The monoisotopic (exact) mass is 372 g/mol. The molecule has 1 aliphatic rings. The molecule has 0 aromatic carbocycles. The zero-order valence-corrected chi connectivity index (χ0v) is 15.3. The second-order valence-corrected chi connectivity index (χ2v) is 7.37. The van der Waals surface area contributed by atoms with Gasteiger partial charge in [0, 0.05) is 32.4 Å². The number of nitrogens with one attached hydrogen (secondary N) is 1. The number of rotatable bonds is 4. The van der Waals surface area contributed by atoms with Crippen LogP contribution in [0.15, 0.2) is 29.2 Å². The number of hydrogen-bond donors (Lipinski definition) is 1. The van der Waals surface area contributed by atoms with Gasteiger partial charge in [-0.05, 0) is 24.6 Å². The quantitative estimate of drug-likeness (QED) is 0.747. The van der Waals surface area contributed by atoms with Gasteiger partial charge in [-0.15, -0.1) is 11.3 Å². The molecule has 0 spiro atoms. The van der Waals surface area contributed by atoms with E-state index in [1.165, 1.54) is 15.7 Å². The van der Waals surface area contributed by atoms with Crippen molar-refractivity contribution in [2.45, 2.75) is 6.92 Å². The fraction of sp³-hybridized carbons (Fsp3) is 0.389. The van der Waals surface area contributed by atoms with Crippen LogP contribution in [0.1, 0.15) is 15.2 Å². The molecular weight excluding hydrogens is 352 g/mol. The minimum atomic E-state index is -0.161. The summed E-state index contributed by atoms with van der Waals surface area (Å²) in [5.41, 5.74) is 1.42. The van der Waals surface area contributed by atoms with Crippen molar-refractivity contribution in [3.05, 3.63) is 45.2 Å². The molecule has 136 valence electrons. The molecule has 1 amide bonds. The molecule has 1 saturated heterocycles. The number of morpholine rings is 1. The number of carbonyl (C=O) groups excluding carboxylic acids is 1. The molecule has 7 nitrogen and oxygen atoms in total. The summed E-state index contributed by atoms with van der Waals surface area (Å²) in [6, 6.07) is 5.39. The molecular formula is C18H20N4O3S. The minimum Gasteiger partial charge on any atom is -0.379 e. The summed E-state index contributed by atoms with van der Waals surface area (Å²) in [7, 11) is 0. The lowest BCUT2D eigenvalue weighted by Gasteiger charge is -2.26. The van der Waals surface area contributed by atoms with Gasteiger partial charge in [-0.1, -0.05) is 6.07 Å². The van der Waals surface area contributed by atoms with Crippen molar-refractivity contribution in [2.24, 2.45) is 0 Å². The summed E-state index contributed by atoms with van der Waals surface area (Å²) >= 11 is 1.26. The molecule has 1 fully saturated rings. The third kappa shape index (κ3) is 3.23. The molecule has 4 rings (SSSR count). The Balaban J connectivity index is 1.54. The summed E-state index contributed by atoms with van der Waals surface area (Å²) in [5, 5.41) is 3.41. The molecule has 26 heavy (non-hydrogen) atoms. The number of pyridine rings is 1. The summed E-state index contributed by atoms with van der Waals surface area (Å²) < 4.78 is 6.85. The van der Waals surface area contributed by atoms with Gasteiger partial charge >= 0.3 is 0 Å². The molecule has 0 atom stereocenters. The van der Waals surface area contributed by atoms with Crippen molar-refractivity contribution >= 4 is 33.1 Å². The summed E-state index contributed by atoms with van der Waals surface area (Å²) in [6.07, 6.45) is 1.71. The van der Waals surface area contributed by atoms with E-state index < -0.39 is 0 Å². The number of thiophene rings is 1. The summed E-state index contributed by atoms with van der Waals surface area (Å²) in [4.78, 5) is 33.1. The fourth-order valence-electron chi connectivity index (χ4n) is 3.11. The highest BCUT2D eigenvalue weighted by molar-refractivity contribution is 7.20. The standard InChI is InChI=1S/C18H20N4O3S/c1-12-3-2-5-22-15(12)20-17-13(18(22)24)11-14(26-17)16(23)19-4-6-21-7-9-25-10-8-21/h2-3,5,11H,4,6-10H2,1H3,(H,19,23). The first-order valence-electron chi connectivity index (χ1n) is 8.63. The van der Waals surface area contributed by atoms with Crippen molar-refractivity contribution < 1.29 is 9.53 Å². The van der Waals surface area contributed by atoms with E-state index in [0.717, 1.165) is 38.4 Å².